The molecule has 4 nitrogen and oxygen atoms in total. The molecule has 0 N–H and O–H groups in total. The lowest BCUT2D eigenvalue weighted by atomic mass is 10.3. The molecule has 0 amide bonds. The molecule has 5 heteroatoms. The van der Waals surface area contributed by atoms with Crippen molar-refractivity contribution in [3.8, 4) is 11.5 Å². The number of pyridine rings is 1. The third-order valence-corrected chi connectivity index (χ3v) is 3.12. The van der Waals surface area contributed by atoms with E-state index in [4.69, 9.17) is 0 Å². The molecule has 1 saturated carbocycles. The minimum atomic E-state index is 0.573. The van der Waals surface area contributed by atoms with Crippen molar-refractivity contribution < 1.29 is 0 Å². The Morgan fingerprint density at radius 1 is 1.40 bits per heavy atom. The average Bonchev–Trinajstić information content (AvgIpc) is 2.98. The van der Waals surface area contributed by atoms with E-state index in [-0.39, 0.29) is 0 Å². The third kappa shape index (κ3) is 1.56. The Hall–Kier alpha value is -1.23. The van der Waals surface area contributed by atoms with Gasteiger partial charge in [-0.25, -0.2) is 0 Å². The summed E-state index contributed by atoms with van der Waals surface area (Å²) in [5.74, 6) is 0.852. The maximum absolute atomic E-state index is 4.32. The maximum atomic E-state index is 4.32. The topological polar surface area (TPSA) is 43.6 Å². The van der Waals surface area contributed by atoms with Crippen molar-refractivity contribution in [2.24, 2.45) is 0 Å². The second-order valence-electron chi connectivity index (χ2n) is 3.63. The summed E-state index contributed by atoms with van der Waals surface area (Å²) in [4.78, 5) is 4.32. The van der Waals surface area contributed by atoms with Crippen LogP contribution < -0.4 is 0 Å². The van der Waals surface area contributed by atoms with Crippen LogP contribution >= 0.6 is 15.9 Å². The molecule has 0 aliphatic heterocycles. The molecule has 0 radical (unpaired) electrons. The van der Waals surface area contributed by atoms with E-state index in [9.17, 15) is 0 Å². The zero-order chi connectivity index (χ0) is 10.3. The van der Waals surface area contributed by atoms with E-state index in [2.05, 4.69) is 35.7 Å². The van der Waals surface area contributed by atoms with Crippen LogP contribution in [0.25, 0.3) is 11.5 Å². The van der Waals surface area contributed by atoms with Gasteiger partial charge in [-0.05, 0) is 40.9 Å². The highest BCUT2D eigenvalue weighted by molar-refractivity contribution is 9.10. The zero-order valence-corrected chi connectivity index (χ0v) is 9.55. The molecule has 76 valence electrons. The van der Waals surface area contributed by atoms with Crippen molar-refractivity contribution in [1.82, 2.24) is 19.7 Å². The first-order valence-electron chi connectivity index (χ1n) is 4.86. The molecule has 1 aliphatic carbocycles. The standard InChI is InChI=1S/C10H9BrN4/c11-8-2-1-5-12-9(8)10-14-13-6-15(10)7-3-4-7/h1-2,5-7H,3-4H2. The highest BCUT2D eigenvalue weighted by Gasteiger charge is 2.27. The molecule has 0 unspecified atom stereocenters. The minimum Gasteiger partial charge on any atom is -0.309 e. The summed E-state index contributed by atoms with van der Waals surface area (Å²) in [6, 6.07) is 4.43. The summed E-state index contributed by atoms with van der Waals surface area (Å²) in [5.41, 5.74) is 0.863. The molecule has 0 aromatic carbocycles. The highest BCUT2D eigenvalue weighted by atomic mass is 79.9. The van der Waals surface area contributed by atoms with Gasteiger partial charge >= 0.3 is 0 Å². The van der Waals surface area contributed by atoms with Crippen LogP contribution in [-0.4, -0.2) is 19.7 Å². The lowest BCUT2D eigenvalue weighted by Gasteiger charge is -2.04. The molecule has 1 aliphatic rings. The number of aromatic nitrogens is 4. The molecule has 0 spiro atoms. The van der Waals surface area contributed by atoms with Crippen LogP contribution in [0.4, 0.5) is 0 Å². The van der Waals surface area contributed by atoms with E-state index in [0.717, 1.165) is 16.0 Å². The van der Waals surface area contributed by atoms with Gasteiger partial charge in [-0.3, -0.25) is 4.98 Å². The first kappa shape index (κ1) is 9.03. The monoisotopic (exact) mass is 264 g/mol. The second kappa shape index (κ2) is 3.41. The van der Waals surface area contributed by atoms with E-state index < -0.39 is 0 Å². The summed E-state index contributed by atoms with van der Waals surface area (Å²) in [7, 11) is 0. The minimum absolute atomic E-state index is 0.573. The van der Waals surface area contributed by atoms with Crippen LogP contribution in [0.2, 0.25) is 0 Å². The van der Waals surface area contributed by atoms with E-state index in [1.54, 1.807) is 12.5 Å². The van der Waals surface area contributed by atoms with Crippen molar-refractivity contribution in [3.63, 3.8) is 0 Å². The van der Waals surface area contributed by atoms with Gasteiger partial charge in [0.05, 0.1) is 0 Å². The first-order chi connectivity index (χ1) is 7.36. The first-order valence-corrected chi connectivity index (χ1v) is 5.66. The van der Waals surface area contributed by atoms with Gasteiger partial charge in [0.1, 0.15) is 12.0 Å². The van der Waals surface area contributed by atoms with Gasteiger partial charge in [0.15, 0.2) is 5.82 Å². The zero-order valence-electron chi connectivity index (χ0n) is 7.97. The van der Waals surface area contributed by atoms with Crippen molar-refractivity contribution in [2.45, 2.75) is 18.9 Å². The molecule has 3 rings (SSSR count). The number of rotatable bonds is 2. The quantitative estimate of drug-likeness (QED) is 0.837. The van der Waals surface area contributed by atoms with E-state index >= 15 is 0 Å². The van der Waals surface area contributed by atoms with Crippen molar-refractivity contribution in [2.75, 3.05) is 0 Å². The molecule has 0 saturated heterocycles. The molecule has 0 bridgehead atoms. The van der Waals surface area contributed by atoms with E-state index in [0.29, 0.717) is 6.04 Å². The number of halogens is 1. The summed E-state index contributed by atoms with van der Waals surface area (Å²) in [5, 5.41) is 8.08. The lowest BCUT2D eigenvalue weighted by Crippen LogP contribution is -1.98. The van der Waals surface area contributed by atoms with Gasteiger partial charge < -0.3 is 4.57 Å². The van der Waals surface area contributed by atoms with Gasteiger partial charge in [-0.15, -0.1) is 10.2 Å². The fraction of sp³-hybridized carbons (Fsp3) is 0.300. The predicted molar refractivity (Wildman–Crippen MR) is 59.2 cm³/mol. The molecule has 15 heavy (non-hydrogen) atoms. The molecule has 0 atom stereocenters. The SMILES string of the molecule is Brc1cccnc1-c1nncn1C1CC1. The fourth-order valence-corrected chi connectivity index (χ4v) is 2.01. The second-order valence-corrected chi connectivity index (χ2v) is 4.48. The van der Waals surface area contributed by atoms with Gasteiger partial charge in [-0.1, -0.05) is 0 Å². The molecule has 2 aromatic heterocycles. The largest absolute Gasteiger partial charge is 0.309 e. The smallest absolute Gasteiger partial charge is 0.183 e. The Labute approximate surface area is 95.5 Å². The Bertz CT molecular complexity index is 490. The Morgan fingerprint density at radius 3 is 3.00 bits per heavy atom. The van der Waals surface area contributed by atoms with Crippen LogP contribution in [-0.2, 0) is 0 Å². The highest BCUT2D eigenvalue weighted by Crippen LogP contribution is 2.38. The number of hydrogen-bond donors (Lipinski definition) is 0. The Balaban J connectivity index is 2.12. The van der Waals surface area contributed by atoms with Gasteiger partial charge in [-0.2, -0.15) is 0 Å². The molecule has 2 heterocycles. The maximum Gasteiger partial charge on any atom is 0.183 e. The van der Waals surface area contributed by atoms with E-state index in [1.165, 1.54) is 12.8 Å². The van der Waals surface area contributed by atoms with Gasteiger partial charge in [0.25, 0.3) is 0 Å². The molecule has 2 aromatic rings. The van der Waals surface area contributed by atoms with Gasteiger partial charge in [0, 0.05) is 16.7 Å². The molecular weight excluding hydrogens is 256 g/mol. The van der Waals surface area contributed by atoms with Crippen LogP contribution in [0.1, 0.15) is 18.9 Å². The summed E-state index contributed by atoms with van der Waals surface area (Å²) in [6.07, 6.45) is 5.99. The molecule has 1 fully saturated rings. The van der Waals surface area contributed by atoms with Crippen molar-refractivity contribution >= 4 is 15.9 Å². The lowest BCUT2D eigenvalue weighted by molar-refractivity contribution is 0.743. The van der Waals surface area contributed by atoms with Gasteiger partial charge in [0.2, 0.25) is 0 Å². The number of hydrogen-bond acceptors (Lipinski definition) is 3. The van der Waals surface area contributed by atoms with Crippen LogP contribution in [0.15, 0.2) is 29.1 Å². The van der Waals surface area contributed by atoms with Crippen molar-refractivity contribution in [1.29, 1.82) is 0 Å². The summed E-state index contributed by atoms with van der Waals surface area (Å²) >= 11 is 3.48. The molecular formula is C10H9BrN4. The summed E-state index contributed by atoms with van der Waals surface area (Å²) in [6.45, 7) is 0. The van der Waals surface area contributed by atoms with Crippen molar-refractivity contribution in [3.05, 3.63) is 29.1 Å². The Kier molecular flexibility index (Phi) is 2.05. The summed E-state index contributed by atoms with van der Waals surface area (Å²) < 4.78 is 3.06. The average molecular weight is 265 g/mol. The Morgan fingerprint density at radius 2 is 2.27 bits per heavy atom. The van der Waals surface area contributed by atoms with Crippen LogP contribution in [0, 0.1) is 0 Å². The predicted octanol–water partition coefficient (Wildman–Crippen LogP) is 2.44. The van der Waals surface area contributed by atoms with Crippen LogP contribution in [0.5, 0.6) is 0 Å². The number of nitrogens with zero attached hydrogens (tertiary/aromatic N) is 4. The third-order valence-electron chi connectivity index (χ3n) is 2.48. The van der Waals surface area contributed by atoms with E-state index in [1.807, 2.05) is 12.1 Å². The fourth-order valence-electron chi connectivity index (χ4n) is 1.58. The van der Waals surface area contributed by atoms with Crippen LogP contribution in [0.3, 0.4) is 0 Å². The normalized spacial score (nSPS) is 15.5.